The van der Waals surface area contributed by atoms with Gasteiger partial charge in [-0.3, -0.25) is 9.80 Å². The number of para-hydroxylation sites is 1. The van der Waals surface area contributed by atoms with Crippen molar-refractivity contribution in [1.82, 2.24) is 4.90 Å². The van der Waals surface area contributed by atoms with Gasteiger partial charge in [0.1, 0.15) is 6.61 Å². The molecule has 3 rings (SSSR count). The molecular weight excluding hydrogens is 264 g/mol. The molecule has 0 saturated carbocycles. The highest BCUT2D eigenvalue weighted by molar-refractivity contribution is 5.89. The molecule has 1 atom stereocenters. The van der Waals surface area contributed by atoms with E-state index in [4.69, 9.17) is 4.74 Å². The highest BCUT2D eigenvalue weighted by atomic mass is 16.6. The maximum Gasteiger partial charge on any atom is 0.414 e. The van der Waals surface area contributed by atoms with Crippen LogP contribution in [0.15, 0.2) is 36.9 Å². The van der Waals surface area contributed by atoms with Gasteiger partial charge in [-0.25, -0.2) is 4.79 Å². The summed E-state index contributed by atoms with van der Waals surface area (Å²) in [5, 5.41) is 0. The van der Waals surface area contributed by atoms with Gasteiger partial charge in [-0.2, -0.15) is 0 Å². The van der Waals surface area contributed by atoms with Crippen LogP contribution in [0.2, 0.25) is 0 Å². The molecule has 21 heavy (non-hydrogen) atoms. The Balaban J connectivity index is 1.90. The van der Waals surface area contributed by atoms with Crippen molar-refractivity contribution in [3.05, 3.63) is 42.5 Å². The van der Waals surface area contributed by atoms with Gasteiger partial charge in [-0.05, 0) is 31.0 Å². The van der Waals surface area contributed by atoms with E-state index in [0.717, 1.165) is 25.2 Å². The first-order valence-corrected chi connectivity index (χ1v) is 7.66. The molecular formula is C17H22N2O2. The summed E-state index contributed by atoms with van der Waals surface area (Å²) in [5.41, 5.74) is 2.19. The number of nitrogens with zero attached hydrogens (tertiary/aromatic N) is 2. The smallest absolute Gasteiger partial charge is 0.414 e. The Hall–Kier alpha value is -1.81. The number of ether oxygens (including phenoxy) is 1. The van der Waals surface area contributed by atoms with Crippen molar-refractivity contribution < 1.29 is 9.53 Å². The largest absolute Gasteiger partial charge is 0.445 e. The number of fused-ring (bicyclic) bond motifs is 2. The van der Waals surface area contributed by atoms with Crippen LogP contribution in [0.1, 0.15) is 24.8 Å². The summed E-state index contributed by atoms with van der Waals surface area (Å²) in [6, 6.07) is 8.58. The lowest BCUT2D eigenvalue weighted by Gasteiger charge is -2.35. The standard InChI is InChI=1S/C17H22N2O2/c1-2-11-21-17(20)19-13-15-8-5-6-10-18(15)12-14-7-3-4-9-16(14)19/h2-4,7,9,15H,1,5-6,8,10-13H2. The van der Waals surface area contributed by atoms with Gasteiger partial charge >= 0.3 is 6.09 Å². The summed E-state index contributed by atoms with van der Waals surface area (Å²) < 4.78 is 5.27. The number of rotatable bonds is 2. The molecule has 0 N–H and O–H groups in total. The van der Waals surface area contributed by atoms with Gasteiger partial charge in [-0.15, -0.1) is 0 Å². The highest BCUT2D eigenvalue weighted by Crippen LogP contribution is 2.31. The molecule has 1 amide bonds. The zero-order valence-electron chi connectivity index (χ0n) is 12.3. The summed E-state index contributed by atoms with van der Waals surface area (Å²) >= 11 is 0. The topological polar surface area (TPSA) is 32.8 Å². The molecule has 1 fully saturated rings. The lowest BCUT2D eigenvalue weighted by Crippen LogP contribution is -2.45. The molecule has 2 heterocycles. The van der Waals surface area contributed by atoms with Gasteiger partial charge in [0.25, 0.3) is 0 Å². The molecule has 4 nitrogen and oxygen atoms in total. The number of benzene rings is 1. The van der Waals surface area contributed by atoms with E-state index in [0.29, 0.717) is 12.6 Å². The minimum atomic E-state index is -0.269. The quantitative estimate of drug-likeness (QED) is 0.783. The summed E-state index contributed by atoms with van der Waals surface area (Å²) in [7, 11) is 0. The Morgan fingerprint density at radius 1 is 1.38 bits per heavy atom. The van der Waals surface area contributed by atoms with Crippen molar-refractivity contribution in [2.45, 2.75) is 31.8 Å². The second-order valence-electron chi connectivity index (χ2n) is 5.72. The van der Waals surface area contributed by atoms with Gasteiger partial charge in [-0.1, -0.05) is 37.3 Å². The number of carbonyl (C=O) groups excluding carboxylic acids is 1. The Morgan fingerprint density at radius 3 is 3.10 bits per heavy atom. The predicted octanol–water partition coefficient (Wildman–Crippen LogP) is 3.18. The first kappa shape index (κ1) is 14.1. The molecule has 0 aliphatic carbocycles. The number of hydrogen-bond acceptors (Lipinski definition) is 3. The lowest BCUT2D eigenvalue weighted by molar-refractivity contribution is 0.139. The summed E-state index contributed by atoms with van der Waals surface area (Å²) in [4.78, 5) is 16.7. The van der Waals surface area contributed by atoms with E-state index in [1.54, 1.807) is 11.0 Å². The third-order valence-corrected chi connectivity index (χ3v) is 4.34. The number of hydrogen-bond donors (Lipinski definition) is 0. The maximum absolute atomic E-state index is 12.4. The molecule has 1 unspecified atom stereocenters. The van der Waals surface area contributed by atoms with Gasteiger partial charge in [0.2, 0.25) is 0 Å². The van der Waals surface area contributed by atoms with Gasteiger partial charge in [0, 0.05) is 19.1 Å². The molecule has 1 aromatic carbocycles. The zero-order chi connectivity index (χ0) is 14.7. The fourth-order valence-corrected chi connectivity index (χ4v) is 3.29. The van der Waals surface area contributed by atoms with Gasteiger partial charge in [0.15, 0.2) is 0 Å². The fourth-order valence-electron chi connectivity index (χ4n) is 3.29. The van der Waals surface area contributed by atoms with Crippen LogP contribution in [-0.4, -0.2) is 36.7 Å². The van der Waals surface area contributed by atoms with Crippen molar-refractivity contribution in [1.29, 1.82) is 0 Å². The fraction of sp³-hybridized carbons (Fsp3) is 0.471. The van der Waals surface area contributed by atoms with Crippen LogP contribution in [0.3, 0.4) is 0 Å². The zero-order valence-corrected chi connectivity index (χ0v) is 12.3. The van der Waals surface area contributed by atoms with E-state index in [2.05, 4.69) is 17.5 Å². The average molecular weight is 286 g/mol. The molecule has 0 aromatic heterocycles. The minimum Gasteiger partial charge on any atom is -0.445 e. The Bertz CT molecular complexity index is 529. The number of amides is 1. The first-order chi connectivity index (χ1) is 10.3. The SMILES string of the molecule is C=CCOC(=O)N1CC2CCCCN2Cc2ccccc21. The van der Waals surface area contributed by atoms with E-state index in [9.17, 15) is 4.79 Å². The Labute approximate surface area is 126 Å². The average Bonchev–Trinajstić information content (AvgIpc) is 2.69. The maximum atomic E-state index is 12.4. The molecule has 1 saturated heterocycles. The molecule has 0 bridgehead atoms. The second kappa shape index (κ2) is 6.31. The molecule has 2 aliphatic rings. The normalized spacial score (nSPS) is 21.9. The predicted molar refractivity (Wildman–Crippen MR) is 83.4 cm³/mol. The second-order valence-corrected chi connectivity index (χ2v) is 5.72. The van der Waals surface area contributed by atoms with Crippen LogP contribution >= 0.6 is 0 Å². The monoisotopic (exact) mass is 286 g/mol. The van der Waals surface area contributed by atoms with E-state index in [1.165, 1.54) is 18.4 Å². The molecule has 0 radical (unpaired) electrons. The van der Waals surface area contributed by atoms with Crippen molar-refractivity contribution in [2.24, 2.45) is 0 Å². The number of anilines is 1. The van der Waals surface area contributed by atoms with E-state index in [-0.39, 0.29) is 12.7 Å². The van der Waals surface area contributed by atoms with Crippen LogP contribution in [0.4, 0.5) is 10.5 Å². The third kappa shape index (κ3) is 2.95. The summed E-state index contributed by atoms with van der Waals surface area (Å²) in [6.07, 6.45) is 4.98. The third-order valence-electron chi connectivity index (χ3n) is 4.34. The van der Waals surface area contributed by atoms with Crippen molar-refractivity contribution in [2.75, 3.05) is 24.6 Å². The number of carbonyl (C=O) groups is 1. The van der Waals surface area contributed by atoms with Crippen molar-refractivity contribution in [3.63, 3.8) is 0 Å². The molecule has 112 valence electrons. The van der Waals surface area contributed by atoms with Crippen LogP contribution < -0.4 is 4.90 Å². The van der Waals surface area contributed by atoms with E-state index < -0.39 is 0 Å². The van der Waals surface area contributed by atoms with Gasteiger partial charge < -0.3 is 4.74 Å². The van der Waals surface area contributed by atoms with Crippen LogP contribution in [0.5, 0.6) is 0 Å². The molecule has 1 aromatic rings. The molecule has 0 spiro atoms. The Morgan fingerprint density at radius 2 is 2.24 bits per heavy atom. The van der Waals surface area contributed by atoms with E-state index in [1.807, 2.05) is 18.2 Å². The van der Waals surface area contributed by atoms with Crippen LogP contribution in [-0.2, 0) is 11.3 Å². The molecule has 4 heteroatoms. The van der Waals surface area contributed by atoms with E-state index >= 15 is 0 Å². The molecule has 2 aliphatic heterocycles. The highest BCUT2D eigenvalue weighted by Gasteiger charge is 2.32. The summed E-state index contributed by atoms with van der Waals surface area (Å²) in [5.74, 6) is 0. The minimum absolute atomic E-state index is 0.256. The van der Waals surface area contributed by atoms with Crippen molar-refractivity contribution >= 4 is 11.8 Å². The van der Waals surface area contributed by atoms with Crippen LogP contribution in [0, 0.1) is 0 Å². The lowest BCUT2D eigenvalue weighted by atomic mass is 10.0. The van der Waals surface area contributed by atoms with Gasteiger partial charge in [0.05, 0.1) is 5.69 Å². The summed E-state index contributed by atoms with van der Waals surface area (Å²) in [6.45, 7) is 6.62. The Kier molecular flexibility index (Phi) is 4.25. The van der Waals surface area contributed by atoms with Crippen molar-refractivity contribution in [3.8, 4) is 0 Å². The van der Waals surface area contributed by atoms with Crippen LogP contribution in [0.25, 0.3) is 0 Å². The first-order valence-electron chi connectivity index (χ1n) is 7.66. The number of piperidine rings is 1.